The lowest BCUT2D eigenvalue weighted by molar-refractivity contribution is -0.138. The van der Waals surface area contributed by atoms with Crippen molar-refractivity contribution in [1.29, 1.82) is 0 Å². The minimum atomic E-state index is -3.57. The van der Waals surface area contributed by atoms with Gasteiger partial charge in [-0.2, -0.15) is 4.90 Å². The van der Waals surface area contributed by atoms with E-state index in [2.05, 4.69) is 15.6 Å². The fourth-order valence-corrected chi connectivity index (χ4v) is 8.07. The number of hydrogen-bond donors (Lipinski definition) is 3. The van der Waals surface area contributed by atoms with E-state index >= 15 is 0 Å². The van der Waals surface area contributed by atoms with Gasteiger partial charge in [-0.05, 0) is 125 Å². The molecule has 1 aliphatic rings. The van der Waals surface area contributed by atoms with Gasteiger partial charge in [0.1, 0.15) is 23.6 Å². The Balaban J connectivity index is 1.32. The van der Waals surface area contributed by atoms with Crippen LogP contribution in [0.2, 0.25) is 0 Å². The van der Waals surface area contributed by atoms with Crippen LogP contribution in [0.5, 0.6) is 5.75 Å². The van der Waals surface area contributed by atoms with E-state index in [9.17, 15) is 37.5 Å². The van der Waals surface area contributed by atoms with E-state index in [1.165, 1.54) is 43.5 Å². The van der Waals surface area contributed by atoms with Crippen LogP contribution in [-0.2, 0) is 51.6 Å². The van der Waals surface area contributed by atoms with Crippen LogP contribution in [0.25, 0.3) is 10.8 Å². The molecule has 0 radical (unpaired) electrons. The second kappa shape index (κ2) is 18.6. The molecule has 0 spiro atoms. The van der Waals surface area contributed by atoms with Gasteiger partial charge in [0.2, 0.25) is 12.3 Å². The lowest BCUT2D eigenvalue weighted by atomic mass is 10.0. The Labute approximate surface area is 354 Å². The highest BCUT2D eigenvalue weighted by Gasteiger charge is 2.38. The van der Waals surface area contributed by atoms with Crippen LogP contribution in [0, 0.1) is 0 Å². The van der Waals surface area contributed by atoms with E-state index in [4.69, 9.17) is 18.9 Å². The summed E-state index contributed by atoms with van der Waals surface area (Å²) in [5.74, 6) is -1.40. The molecule has 17 nitrogen and oxygen atoms in total. The highest BCUT2D eigenvalue weighted by molar-refractivity contribution is 7.92. The monoisotopic (exact) mass is 861 g/mol. The van der Waals surface area contributed by atoms with Gasteiger partial charge in [-0.25, -0.2) is 27.8 Å². The summed E-state index contributed by atoms with van der Waals surface area (Å²) in [6.07, 6.45) is 1.16. The maximum Gasteiger partial charge on any atom is 0.425 e. The number of aromatic nitrogens is 1. The minimum absolute atomic E-state index is 0.0248. The van der Waals surface area contributed by atoms with Crippen LogP contribution >= 0.6 is 0 Å². The average Bonchev–Trinajstić information content (AvgIpc) is 4.02. The minimum Gasteiger partial charge on any atom is -0.496 e. The average molecular weight is 862 g/mol. The van der Waals surface area contributed by atoms with Crippen molar-refractivity contribution >= 4 is 68.3 Å². The van der Waals surface area contributed by atoms with Gasteiger partial charge in [0.25, 0.3) is 0 Å². The number of carboxylic acid groups (broad SMARTS) is 1. The molecular weight excluding hydrogens is 811 g/mol. The van der Waals surface area contributed by atoms with Crippen LogP contribution in [0.15, 0.2) is 71.8 Å². The number of aliphatic carboxylic acids is 1. The highest BCUT2D eigenvalue weighted by atomic mass is 32.2. The predicted octanol–water partition coefficient (Wildman–Crippen LogP) is 6.84. The third-order valence-corrected chi connectivity index (χ3v) is 11.4. The fraction of sp³-hybridized carbons (Fsp3) is 0.395. The third-order valence-electron chi connectivity index (χ3n) is 9.01. The second-order valence-corrected chi connectivity index (χ2v) is 18.7. The fourth-order valence-electron chi connectivity index (χ4n) is 6.21. The summed E-state index contributed by atoms with van der Waals surface area (Å²) in [6.45, 7) is 9.44. The van der Waals surface area contributed by atoms with Crippen LogP contribution in [0.1, 0.15) is 77.1 Å². The van der Waals surface area contributed by atoms with Gasteiger partial charge in [-0.1, -0.05) is 6.07 Å². The SMILES string of the molecule is COc1ccc(C(Nc2ccc3c(N(C(=O)OC(C)(C)C)C(=O)OC(C)(C)C)nccc3c2)C(=O)O)cc1COCC(=O)Nc1ccc(S(=O)(=O)C2CC2)c(CN(C)C=O)c1. The number of pyridine rings is 1. The summed E-state index contributed by atoms with van der Waals surface area (Å²) in [7, 11) is -0.611. The number of benzene rings is 3. The summed E-state index contributed by atoms with van der Waals surface area (Å²) in [6, 6.07) is 14.4. The highest BCUT2D eigenvalue weighted by Crippen LogP contribution is 2.36. The molecule has 1 aliphatic carbocycles. The zero-order valence-corrected chi connectivity index (χ0v) is 36.1. The van der Waals surface area contributed by atoms with Gasteiger partial charge in [-0.3, -0.25) is 9.59 Å². The summed E-state index contributed by atoms with van der Waals surface area (Å²) in [5, 5.41) is 16.5. The molecule has 1 fully saturated rings. The number of imide groups is 1. The van der Waals surface area contributed by atoms with Crippen LogP contribution in [0.3, 0.4) is 0 Å². The first kappa shape index (κ1) is 45.8. The van der Waals surface area contributed by atoms with Gasteiger partial charge < -0.3 is 39.6 Å². The molecule has 1 saturated carbocycles. The van der Waals surface area contributed by atoms with Crippen molar-refractivity contribution in [1.82, 2.24) is 9.88 Å². The first-order chi connectivity index (χ1) is 28.6. The van der Waals surface area contributed by atoms with Crippen molar-refractivity contribution in [3.8, 4) is 5.75 Å². The Morgan fingerprint density at radius 3 is 2.15 bits per heavy atom. The summed E-state index contributed by atoms with van der Waals surface area (Å²) in [4.78, 5) is 70.1. The van der Waals surface area contributed by atoms with Gasteiger partial charge >= 0.3 is 18.2 Å². The van der Waals surface area contributed by atoms with Crippen molar-refractivity contribution in [3.05, 3.63) is 83.6 Å². The number of fused-ring (bicyclic) bond motifs is 1. The number of ether oxygens (including phenoxy) is 4. The standard InChI is InChI=1S/C43H51N5O12S/c1-42(2,3)59-40(53)48(41(54)60-43(4,5)6)38-33-14-10-31(20-26(33)17-18-44-38)46-37(39(51)52)27-9-15-34(57-8)29(19-27)23-58-24-36(50)45-30-11-16-35(61(55,56)32-12-13-32)28(21-30)22-47(7)25-49/h9-11,14-21,25,32,37,46H,12-13,22-24H2,1-8H3,(H,45,50)(H,51,52). The third kappa shape index (κ3) is 11.9. The van der Waals surface area contributed by atoms with Crippen molar-refractivity contribution in [2.75, 3.05) is 36.3 Å². The van der Waals surface area contributed by atoms with E-state index in [0.29, 0.717) is 63.8 Å². The molecule has 18 heteroatoms. The summed E-state index contributed by atoms with van der Waals surface area (Å²) in [5.41, 5.74) is -0.00755. The Bertz CT molecular complexity index is 2390. The summed E-state index contributed by atoms with van der Waals surface area (Å²) < 4.78 is 48.3. The Kier molecular flexibility index (Phi) is 13.9. The molecule has 0 aliphatic heterocycles. The van der Waals surface area contributed by atoms with E-state index in [1.54, 1.807) is 84.0 Å². The first-order valence-corrected chi connectivity index (χ1v) is 20.9. The normalized spacial score (nSPS) is 13.4. The summed E-state index contributed by atoms with van der Waals surface area (Å²) >= 11 is 0. The number of carboxylic acids is 1. The molecule has 61 heavy (non-hydrogen) atoms. The van der Waals surface area contributed by atoms with E-state index < -0.39 is 63.0 Å². The Hall–Kier alpha value is -6.27. The number of carbonyl (C=O) groups excluding carboxylic acids is 4. The number of nitrogens with zero attached hydrogens (tertiary/aromatic N) is 3. The zero-order chi connectivity index (χ0) is 44.9. The lowest BCUT2D eigenvalue weighted by Crippen LogP contribution is -2.44. The number of sulfone groups is 1. The number of anilines is 3. The van der Waals surface area contributed by atoms with Crippen molar-refractivity contribution in [2.24, 2.45) is 0 Å². The molecule has 4 amide bonds. The van der Waals surface area contributed by atoms with Gasteiger partial charge in [0.05, 0.1) is 23.9 Å². The Morgan fingerprint density at radius 2 is 1.56 bits per heavy atom. The van der Waals surface area contributed by atoms with Gasteiger partial charge in [-0.15, -0.1) is 0 Å². The number of nitrogens with one attached hydrogen (secondary N) is 2. The molecule has 1 heterocycles. The molecule has 5 rings (SSSR count). The zero-order valence-electron chi connectivity index (χ0n) is 35.3. The van der Waals surface area contributed by atoms with Crippen molar-refractivity contribution in [2.45, 2.75) is 94.9 Å². The predicted molar refractivity (Wildman–Crippen MR) is 226 cm³/mol. The van der Waals surface area contributed by atoms with E-state index in [0.717, 1.165) is 4.90 Å². The molecular formula is C43H51N5O12S. The maximum atomic E-state index is 13.3. The lowest BCUT2D eigenvalue weighted by Gasteiger charge is -2.28. The topological polar surface area (TPSA) is 220 Å². The van der Waals surface area contributed by atoms with E-state index in [1.807, 2.05) is 0 Å². The molecule has 0 bridgehead atoms. The first-order valence-electron chi connectivity index (χ1n) is 19.3. The van der Waals surface area contributed by atoms with Crippen LogP contribution in [0.4, 0.5) is 26.8 Å². The quantitative estimate of drug-likeness (QED) is 0.0983. The van der Waals surface area contributed by atoms with Crippen molar-refractivity contribution in [3.63, 3.8) is 0 Å². The molecule has 3 N–H and O–H groups in total. The molecule has 0 saturated heterocycles. The maximum absolute atomic E-state index is 13.3. The molecule has 3 aromatic carbocycles. The molecule has 1 unspecified atom stereocenters. The number of rotatable bonds is 16. The molecule has 1 atom stereocenters. The number of amides is 4. The second-order valence-electron chi connectivity index (χ2n) is 16.5. The molecule has 326 valence electrons. The van der Waals surface area contributed by atoms with E-state index in [-0.39, 0.29) is 23.9 Å². The van der Waals surface area contributed by atoms with Gasteiger partial charge in [0, 0.05) is 42.1 Å². The molecule has 4 aromatic rings. The Morgan fingerprint density at radius 1 is 0.902 bits per heavy atom. The number of carbonyl (C=O) groups is 5. The van der Waals surface area contributed by atoms with Crippen molar-refractivity contribution < 1.29 is 56.4 Å². The number of methoxy groups -OCH3 is 1. The van der Waals surface area contributed by atoms with Gasteiger partial charge in [0.15, 0.2) is 21.7 Å². The van der Waals surface area contributed by atoms with Crippen LogP contribution < -0.4 is 20.3 Å². The molecule has 1 aromatic heterocycles. The van der Waals surface area contributed by atoms with Crippen LogP contribution in [-0.4, -0.2) is 91.1 Å². The largest absolute Gasteiger partial charge is 0.496 e. The number of hydrogen-bond acceptors (Lipinski definition) is 13. The smallest absolute Gasteiger partial charge is 0.425 e.